The van der Waals surface area contributed by atoms with Gasteiger partial charge in [-0.1, -0.05) is 0 Å². The first-order valence-electron chi connectivity index (χ1n) is 5.07. The Labute approximate surface area is 115 Å². The quantitative estimate of drug-likeness (QED) is 0.827. The van der Waals surface area contributed by atoms with E-state index in [9.17, 15) is 9.59 Å². The topological polar surface area (TPSA) is 88.3 Å². The minimum absolute atomic E-state index is 0. The fraction of sp³-hybridized carbons (Fsp3) is 0.0909. The SMILES string of the molecule is CN(NC(=O)c1cnccn1)C(=O)c1ccco1.Cl. The zero-order chi connectivity index (χ0) is 13.0. The number of furan rings is 1. The smallest absolute Gasteiger partial charge is 0.307 e. The van der Waals surface area contributed by atoms with Crippen molar-refractivity contribution < 1.29 is 14.0 Å². The van der Waals surface area contributed by atoms with Crippen LogP contribution < -0.4 is 5.43 Å². The number of carbonyl (C=O) groups excluding carboxylic acids is 2. The van der Waals surface area contributed by atoms with E-state index in [1.54, 1.807) is 6.07 Å². The first-order valence-corrected chi connectivity index (χ1v) is 5.07. The number of amides is 2. The molecule has 0 aliphatic carbocycles. The van der Waals surface area contributed by atoms with Gasteiger partial charge in [-0.3, -0.25) is 25.0 Å². The predicted molar refractivity (Wildman–Crippen MR) is 67.5 cm³/mol. The lowest BCUT2D eigenvalue weighted by Crippen LogP contribution is -2.43. The van der Waals surface area contributed by atoms with E-state index in [0.29, 0.717) is 0 Å². The third-order valence-electron chi connectivity index (χ3n) is 2.10. The molecule has 2 aromatic heterocycles. The van der Waals surface area contributed by atoms with Gasteiger partial charge in [0.05, 0.1) is 12.5 Å². The number of aromatic nitrogens is 2. The lowest BCUT2D eigenvalue weighted by Gasteiger charge is -2.16. The number of hydrogen-bond acceptors (Lipinski definition) is 5. The molecule has 2 heterocycles. The van der Waals surface area contributed by atoms with Gasteiger partial charge in [0, 0.05) is 19.4 Å². The maximum atomic E-state index is 11.8. The molecule has 2 rings (SSSR count). The summed E-state index contributed by atoms with van der Waals surface area (Å²) in [6, 6.07) is 3.10. The summed E-state index contributed by atoms with van der Waals surface area (Å²) in [6.45, 7) is 0. The van der Waals surface area contributed by atoms with Gasteiger partial charge in [-0.15, -0.1) is 12.4 Å². The molecule has 0 aliphatic rings. The van der Waals surface area contributed by atoms with Crippen molar-refractivity contribution in [3.63, 3.8) is 0 Å². The summed E-state index contributed by atoms with van der Waals surface area (Å²) in [7, 11) is 1.42. The predicted octanol–water partition coefficient (Wildman–Crippen LogP) is 0.908. The van der Waals surface area contributed by atoms with Gasteiger partial charge in [0.2, 0.25) is 0 Å². The third-order valence-corrected chi connectivity index (χ3v) is 2.10. The zero-order valence-corrected chi connectivity index (χ0v) is 10.8. The van der Waals surface area contributed by atoms with Crippen LogP contribution in [0.1, 0.15) is 21.0 Å². The molecule has 100 valence electrons. The molecule has 0 bridgehead atoms. The summed E-state index contributed by atoms with van der Waals surface area (Å²) in [5.41, 5.74) is 2.49. The monoisotopic (exact) mass is 282 g/mol. The van der Waals surface area contributed by atoms with Crippen molar-refractivity contribution in [1.82, 2.24) is 20.4 Å². The van der Waals surface area contributed by atoms with Crippen molar-refractivity contribution in [2.75, 3.05) is 7.05 Å². The number of hydrazine groups is 1. The van der Waals surface area contributed by atoms with Crippen molar-refractivity contribution in [3.8, 4) is 0 Å². The summed E-state index contributed by atoms with van der Waals surface area (Å²) in [5, 5.41) is 1.02. The number of hydrogen-bond donors (Lipinski definition) is 1. The molecular weight excluding hydrogens is 272 g/mol. The van der Waals surface area contributed by atoms with E-state index in [0.717, 1.165) is 5.01 Å². The molecule has 7 nitrogen and oxygen atoms in total. The minimum Gasteiger partial charge on any atom is -0.459 e. The summed E-state index contributed by atoms with van der Waals surface area (Å²) >= 11 is 0. The maximum Gasteiger partial charge on any atom is 0.307 e. The average molecular weight is 283 g/mol. The van der Waals surface area contributed by atoms with Gasteiger partial charge < -0.3 is 4.42 Å². The van der Waals surface area contributed by atoms with Crippen LogP contribution in [-0.4, -0.2) is 33.8 Å². The standard InChI is InChI=1S/C11H10N4O3.ClH/c1-15(11(17)9-3-2-6-18-9)14-10(16)8-7-12-4-5-13-8;/h2-7H,1H3,(H,14,16);1H. The molecule has 0 saturated heterocycles. The highest BCUT2D eigenvalue weighted by Crippen LogP contribution is 2.02. The summed E-state index contributed by atoms with van der Waals surface area (Å²) in [5.74, 6) is -0.848. The van der Waals surface area contributed by atoms with Gasteiger partial charge in [-0.05, 0) is 12.1 Å². The van der Waals surface area contributed by atoms with E-state index >= 15 is 0 Å². The van der Waals surface area contributed by atoms with E-state index in [-0.39, 0.29) is 23.9 Å². The number of carbonyl (C=O) groups is 2. The van der Waals surface area contributed by atoms with Gasteiger partial charge in [-0.2, -0.15) is 0 Å². The molecular formula is C11H11ClN4O3. The maximum absolute atomic E-state index is 11.8. The Morgan fingerprint density at radius 3 is 2.74 bits per heavy atom. The van der Waals surface area contributed by atoms with Crippen molar-refractivity contribution in [2.24, 2.45) is 0 Å². The van der Waals surface area contributed by atoms with E-state index in [1.807, 2.05) is 0 Å². The Kier molecular flexibility index (Phi) is 5.01. The zero-order valence-electron chi connectivity index (χ0n) is 9.94. The van der Waals surface area contributed by atoms with Crippen molar-refractivity contribution >= 4 is 24.2 Å². The Bertz CT molecular complexity index is 544. The van der Waals surface area contributed by atoms with Crippen molar-refractivity contribution in [1.29, 1.82) is 0 Å². The van der Waals surface area contributed by atoms with Crippen LogP contribution in [0, 0.1) is 0 Å². The molecule has 2 amide bonds. The second-order valence-electron chi connectivity index (χ2n) is 3.37. The Morgan fingerprint density at radius 2 is 2.16 bits per heavy atom. The highest BCUT2D eigenvalue weighted by atomic mass is 35.5. The molecule has 0 radical (unpaired) electrons. The van der Waals surface area contributed by atoms with E-state index < -0.39 is 11.8 Å². The van der Waals surface area contributed by atoms with Crippen LogP contribution in [0.3, 0.4) is 0 Å². The molecule has 0 saturated carbocycles. The molecule has 8 heteroatoms. The molecule has 0 aromatic carbocycles. The molecule has 0 unspecified atom stereocenters. The fourth-order valence-corrected chi connectivity index (χ4v) is 1.24. The molecule has 1 N–H and O–H groups in total. The van der Waals surface area contributed by atoms with Crippen LogP contribution in [-0.2, 0) is 0 Å². The number of nitrogens with one attached hydrogen (secondary N) is 1. The Balaban J connectivity index is 0.00000180. The molecule has 0 spiro atoms. The molecule has 0 aliphatic heterocycles. The minimum atomic E-state index is -0.523. The van der Waals surface area contributed by atoms with Crippen LogP contribution >= 0.6 is 12.4 Å². The molecule has 0 fully saturated rings. The second kappa shape index (κ2) is 6.50. The van der Waals surface area contributed by atoms with Gasteiger partial charge in [0.1, 0.15) is 5.69 Å². The van der Waals surface area contributed by atoms with Gasteiger partial charge in [-0.25, -0.2) is 4.98 Å². The van der Waals surface area contributed by atoms with Crippen LogP contribution in [0.15, 0.2) is 41.4 Å². The fourth-order valence-electron chi connectivity index (χ4n) is 1.24. The number of halogens is 1. The van der Waals surface area contributed by atoms with Gasteiger partial charge >= 0.3 is 5.91 Å². The largest absolute Gasteiger partial charge is 0.459 e. The first-order chi connectivity index (χ1) is 8.68. The van der Waals surface area contributed by atoms with Gasteiger partial charge in [0.15, 0.2) is 5.76 Å². The van der Waals surface area contributed by atoms with E-state index in [2.05, 4.69) is 15.4 Å². The Hall–Kier alpha value is -2.41. The van der Waals surface area contributed by atoms with Crippen LogP contribution in [0.25, 0.3) is 0 Å². The summed E-state index contributed by atoms with van der Waals surface area (Å²) in [6.07, 6.45) is 5.53. The third kappa shape index (κ3) is 3.52. The Morgan fingerprint density at radius 1 is 1.37 bits per heavy atom. The molecule has 0 atom stereocenters. The van der Waals surface area contributed by atoms with E-state index in [1.165, 1.54) is 38.0 Å². The molecule has 2 aromatic rings. The van der Waals surface area contributed by atoms with Crippen molar-refractivity contribution in [2.45, 2.75) is 0 Å². The van der Waals surface area contributed by atoms with E-state index in [4.69, 9.17) is 4.42 Å². The van der Waals surface area contributed by atoms with Gasteiger partial charge in [0.25, 0.3) is 5.91 Å². The van der Waals surface area contributed by atoms with Crippen molar-refractivity contribution in [3.05, 3.63) is 48.4 Å². The average Bonchev–Trinajstić information content (AvgIpc) is 2.92. The van der Waals surface area contributed by atoms with Crippen LogP contribution in [0.5, 0.6) is 0 Å². The second-order valence-corrected chi connectivity index (χ2v) is 3.37. The molecule has 19 heavy (non-hydrogen) atoms. The number of nitrogens with zero attached hydrogens (tertiary/aromatic N) is 3. The summed E-state index contributed by atoms with van der Waals surface area (Å²) in [4.78, 5) is 31.0. The highest BCUT2D eigenvalue weighted by molar-refractivity contribution is 5.96. The normalized spacial score (nSPS) is 9.32. The lowest BCUT2D eigenvalue weighted by atomic mass is 10.4. The highest BCUT2D eigenvalue weighted by Gasteiger charge is 2.17. The van der Waals surface area contributed by atoms with Crippen LogP contribution in [0.4, 0.5) is 0 Å². The lowest BCUT2D eigenvalue weighted by molar-refractivity contribution is 0.0611. The first kappa shape index (κ1) is 14.7. The number of rotatable bonds is 2. The van der Waals surface area contributed by atoms with Crippen LogP contribution in [0.2, 0.25) is 0 Å². The summed E-state index contributed by atoms with van der Waals surface area (Å²) < 4.78 is 4.93.